The van der Waals surface area contributed by atoms with Gasteiger partial charge in [-0.15, -0.1) is 0 Å². The van der Waals surface area contributed by atoms with Gasteiger partial charge in [-0.25, -0.2) is 0 Å². The summed E-state index contributed by atoms with van der Waals surface area (Å²) >= 11 is 3.27. The van der Waals surface area contributed by atoms with Crippen molar-refractivity contribution in [2.75, 3.05) is 0 Å². The largest absolute Gasteiger partial charge is 0.481 e. The molecular formula is C14H17BrN2O4. The minimum absolute atomic E-state index is 0.113. The van der Waals surface area contributed by atoms with E-state index in [1.807, 2.05) is 0 Å². The molecule has 114 valence electrons. The van der Waals surface area contributed by atoms with Crippen molar-refractivity contribution in [2.45, 2.75) is 32.1 Å². The van der Waals surface area contributed by atoms with Crippen LogP contribution in [0.25, 0.3) is 0 Å². The Hall–Kier alpha value is -1.89. The molecule has 0 aliphatic rings. The Balaban J connectivity index is 2.19. The van der Waals surface area contributed by atoms with Crippen LogP contribution in [-0.2, 0) is 9.59 Å². The number of aliphatic carboxylic acids is 1. The second-order valence-corrected chi connectivity index (χ2v) is 5.38. The van der Waals surface area contributed by atoms with Gasteiger partial charge in [0.1, 0.15) is 0 Å². The average molecular weight is 357 g/mol. The van der Waals surface area contributed by atoms with Gasteiger partial charge in [0.25, 0.3) is 5.91 Å². The lowest BCUT2D eigenvalue weighted by molar-refractivity contribution is -0.137. The molecule has 0 heterocycles. The molecule has 0 bridgehead atoms. The number of hydrogen-bond acceptors (Lipinski definition) is 3. The number of unbranched alkanes of at least 4 members (excludes halogenated alkanes) is 2. The van der Waals surface area contributed by atoms with Crippen LogP contribution in [0.4, 0.5) is 0 Å². The van der Waals surface area contributed by atoms with E-state index in [1.165, 1.54) is 0 Å². The highest BCUT2D eigenvalue weighted by Gasteiger charge is 2.07. The Morgan fingerprint density at radius 1 is 0.952 bits per heavy atom. The maximum absolute atomic E-state index is 11.7. The molecule has 0 spiro atoms. The monoisotopic (exact) mass is 356 g/mol. The smallest absolute Gasteiger partial charge is 0.303 e. The molecule has 0 aliphatic heterocycles. The van der Waals surface area contributed by atoms with Crippen molar-refractivity contribution in [3.63, 3.8) is 0 Å². The Labute approximate surface area is 131 Å². The lowest BCUT2D eigenvalue weighted by atomic mass is 10.1. The zero-order valence-corrected chi connectivity index (χ0v) is 13.0. The van der Waals surface area contributed by atoms with E-state index >= 15 is 0 Å². The van der Waals surface area contributed by atoms with E-state index in [-0.39, 0.29) is 24.7 Å². The topological polar surface area (TPSA) is 95.5 Å². The second-order valence-electron chi connectivity index (χ2n) is 4.46. The van der Waals surface area contributed by atoms with Gasteiger partial charge < -0.3 is 5.11 Å². The third-order valence-electron chi connectivity index (χ3n) is 2.72. The minimum Gasteiger partial charge on any atom is -0.481 e. The lowest BCUT2D eigenvalue weighted by Gasteiger charge is -2.07. The van der Waals surface area contributed by atoms with E-state index in [1.54, 1.807) is 24.3 Å². The quantitative estimate of drug-likeness (QED) is 0.515. The number of nitrogens with one attached hydrogen (secondary N) is 2. The summed E-state index contributed by atoms with van der Waals surface area (Å²) < 4.78 is 0.865. The predicted molar refractivity (Wildman–Crippen MR) is 80.5 cm³/mol. The number of rotatable bonds is 7. The van der Waals surface area contributed by atoms with Crippen LogP contribution < -0.4 is 10.9 Å². The fourth-order valence-electron chi connectivity index (χ4n) is 1.60. The van der Waals surface area contributed by atoms with Gasteiger partial charge in [0.05, 0.1) is 0 Å². The molecule has 7 heteroatoms. The van der Waals surface area contributed by atoms with Crippen LogP contribution in [0.3, 0.4) is 0 Å². The van der Waals surface area contributed by atoms with Crippen molar-refractivity contribution >= 4 is 33.7 Å². The molecule has 0 radical (unpaired) electrons. The van der Waals surface area contributed by atoms with Crippen LogP contribution in [0, 0.1) is 0 Å². The number of carbonyl (C=O) groups excluding carboxylic acids is 2. The van der Waals surface area contributed by atoms with Crippen LogP contribution >= 0.6 is 15.9 Å². The van der Waals surface area contributed by atoms with E-state index in [0.717, 1.165) is 4.47 Å². The minimum atomic E-state index is -0.832. The molecule has 0 aromatic heterocycles. The normalized spacial score (nSPS) is 9.95. The first-order chi connectivity index (χ1) is 9.99. The van der Waals surface area contributed by atoms with Gasteiger partial charge in [0, 0.05) is 22.9 Å². The molecule has 1 rings (SSSR count). The predicted octanol–water partition coefficient (Wildman–Crippen LogP) is 2.25. The number of carbonyl (C=O) groups is 3. The Morgan fingerprint density at radius 2 is 1.57 bits per heavy atom. The number of hydrogen-bond donors (Lipinski definition) is 3. The molecule has 6 nitrogen and oxygen atoms in total. The first-order valence-corrected chi connectivity index (χ1v) is 7.35. The second kappa shape index (κ2) is 9.12. The first-order valence-electron chi connectivity index (χ1n) is 6.55. The molecule has 0 saturated heterocycles. The van der Waals surface area contributed by atoms with Crippen molar-refractivity contribution in [3.8, 4) is 0 Å². The third-order valence-corrected chi connectivity index (χ3v) is 3.25. The van der Waals surface area contributed by atoms with Gasteiger partial charge in [0.15, 0.2) is 0 Å². The number of hydrazine groups is 1. The third kappa shape index (κ3) is 7.45. The van der Waals surface area contributed by atoms with Crippen molar-refractivity contribution in [3.05, 3.63) is 34.3 Å². The van der Waals surface area contributed by atoms with Gasteiger partial charge in [-0.1, -0.05) is 22.4 Å². The molecule has 21 heavy (non-hydrogen) atoms. The van der Waals surface area contributed by atoms with Crippen LogP contribution in [0.5, 0.6) is 0 Å². The highest BCUT2D eigenvalue weighted by Crippen LogP contribution is 2.10. The molecule has 1 aromatic carbocycles. The molecule has 0 saturated carbocycles. The van der Waals surface area contributed by atoms with E-state index in [4.69, 9.17) is 5.11 Å². The molecule has 0 unspecified atom stereocenters. The molecule has 0 fully saturated rings. The fourth-order valence-corrected chi connectivity index (χ4v) is 1.87. The number of carboxylic acids is 1. The summed E-state index contributed by atoms with van der Waals surface area (Å²) in [6, 6.07) is 6.74. The maximum Gasteiger partial charge on any atom is 0.303 e. The summed E-state index contributed by atoms with van der Waals surface area (Å²) in [6.45, 7) is 0. The summed E-state index contributed by atoms with van der Waals surface area (Å²) in [7, 11) is 0. The first kappa shape index (κ1) is 17.2. The Bertz CT molecular complexity index is 502. The highest BCUT2D eigenvalue weighted by molar-refractivity contribution is 9.10. The van der Waals surface area contributed by atoms with Crippen LogP contribution in [0.2, 0.25) is 0 Å². The van der Waals surface area contributed by atoms with Gasteiger partial charge in [0.2, 0.25) is 5.91 Å². The maximum atomic E-state index is 11.7. The van der Waals surface area contributed by atoms with Crippen molar-refractivity contribution in [2.24, 2.45) is 0 Å². The fraction of sp³-hybridized carbons (Fsp3) is 0.357. The Kier molecular flexibility index (Phi) is 7.45. The van der Waals surface area contributed by atoms with Gasteiger partial charge in [-0.05, 0) is 37.1 Å². The zero-order chi connectivity index (χ0) is 15.7. The summed E-state index contributed by atoms with van der Waals surface area (Å²) in [4.78, 5) is 33.5. The summed E-state index contributed by atoms with van der Waals surface area (Å²) in [5, 5.41) is 8.46. The summed E-state index contributed by atoms with van der Waals surface area (Å²) in [5.41, 5.74) is 5.10. The van der Waals surface area contributed by atoms with E-state index in [2.05, 4.69) is 26.8 Å². The molecular weight excluding hydrogens is 340 g/mol. The standard InChI is InChI=1S/C14H17BrN2O4/c15-11-8-6-10(7-9-11)14(21)17-16-12(18)4-2-1-3-5-13(19)20/h6-9H,1-5H2,(H,16,18)(H,17,21)(H,19,20). The molecule has 2 amide bonds. The van der Waals surface area contributed by atoms with Crippen molar-refractivity contribution in [1.82, 2.24) is 10.9 Å². The highest BCUT2D eigenvalue weighted by atomic mass is 79.9. The van der Waals surface area contributed by atoms with E-state index < -0.39 is 5.97 Å². The average Bonchev–Trinajstić information content (AvgIpc) is 2.44. The number of carboxylic acid groups (broad SMARTS) is 1. The van der Waals surface area contributed by atoms with Crippen molar-refractivity contribution < 1.29 is 19.5 Å². The Morgan fingerprint density at radius 3 is 2.19 bits per heavy atom. The van der Waals surface area contributed by atoms with E-state index in [0.29, 0.717) is 24.8 Å². The number of amides is 2. The molecule has 1 aromatic rings. The van der Waals surface area contributed by atoms with Crippen LogP contribution in [0.15, 0.2) is 28.7 Å². The number of benzene rings is 1. The van der Waals surface area contributed by atoms with Gasteiger partial charge >= 0.3 is 5.97 Å². The van der Waals surface area contributed by atoms with Gasteiger partial charge in [-0.3, -0.25) is 25.2 Å². The molecule has 0 aliphatic carbocycles. The molecule has 3 N–H and O–H groups in total. The van der Waals surface area contributed by atoms with Gasteiger partial charge in [-0.2, -0.15) is 0 Å². The van der Waals surface area contributed by atoms with E-state index in [9.17, 15) is 14.4 Å². The SMILES string of the molecule is O=C(O)CCCCCC(=O)NNC(=O)c1ccc(Br)cc1. The molecule has 0 atom stereocenters. The summed E-state index contributed by atoms with van der Waals surface area (Å²) in [6.07, 6.45) is 2.17. The zero-order valence-electron chi connectivity index (χ0n) is 11.4. The summed E-state index contributed by atoms with van der Waals surface area (Å²) in [5.74, 6) is -1.52. The van der Waals surface area contributed by atoms with Crippen LogP contribution in [-0.4, -0.2) is 22.9 Å². The lowest BCUT2D eigenvalue weighted by Crippen LogP contribution is -2.41. The number of halogens is 1. The van der Waals surface area contributed by atoms with Crippen LogP contribution in [0.1, 0.15) is 42.5 Å². The van der Waals surface area contributed by atoms with Crippen molar-refractivity contribution in [1.29, 1.82) is 0 Å².